The Bertz CT molecular complexity index is 797. The van der Waals surface area contributed by atoms with Gasteiger partial charge < -0.3 is 20.2 Å². The molecule has 26 heavy (non-hydrogen) atoms. The van der Waals surface area contributed by atoms with Gasteiger partial charge in [0.2, 0.25) is 0 Å². The second kappa shape index (κ2) is 9.16. The first-order valence-corrected chi connectivity index (χ1v) is 7.78. The second-order valence-corrected chi connectivity index (χ2v) is 5.29. The average molecular weight is 360 g/mol. The molecule has 1 aromatic heterocycles. The van der Waals surface area contributed by atoms with Crippen molar-refractivity contribution < 1.29 is 28.3 Å². The second-order valence-electron chi connectivity index (χ2n) is 5.29. The van der Waals surface area contributed by atoms with Gasteiger partial charge in [-0.15, -0.1) is 0 Å². The molecule has 1 heterocycles. The number of nitrogens with one attached hydrogen (secondary N) is 2. The standard InChI is InChI=1S/C18H17FN2O5/c19-13-7-5-12(6-8-13)11-14(17(24)20-9-1-4-16(22)23)21-18(25)15-3-2-10-26-15/h2-3,5-8,10-11H,1,4,9H2,(H,20,24)(H,21,25)(H,22,23)/b14-11+. The number of hydrogen-bond acceptors (Lipinski definition) is 4. The highest BCUT2D eigenvalue weighted by Crippen LogP contribution is 2.09. The van der Waals surface area contributed by atoms with Gasteiger partial charge in [-0.25, -0.2) is 4.39 Å². The van der Waals surface area contributed by atoms with E-state index in [0.29, 0.717) is 5.56 Å². The van der Waals surface area contributed by atoms with E-state index in [1.807, 2.05) is 0 Å². The van der Waals surface area contributed by atoms with E-state index in [1.54, 1.807) is 0 Å². The largest absolute Gasteiger partial charge is 0.481 e. The van der Waals surface area contributed by atoms with Crippen LogP contribution in [-0.2, 0) is 9.59 Å². The van der Waals surface area contributed by atoms with Crippen molar-refractivity contribution in [1.82, 2.24) is 10.6 Å². The lowest BCUT2D eigenvalue weighted by molar-refractivity contribution is -0.137. The molecule has 3 N–H and O–H groups in total. The van der Waals surface area contributed by atoms with Gasteiger partial charge in [0.1, 0.15) is 11.5 Å². The van der Waals surface area contributed by atoms with Crippen LogP contribution < -0.4 is 10.6 Å². The van der Waals surface area contributed by atoms with Crippen molar-refractivity contribution in [2.75, 3.05) is 6.54 Å². The Balaban J connectivity index is 2.12. The van der Waals surface area contributed by atoms with Crippen molar-refractivity contribution in [2.45, 2.75) is 12.8 Å². The molecule has 0 bridgehead atoms. The van der Waals surface area contributed by atoms with E-state index in [0.717, 1.165) is 0 Å². The SMILES string of the molecule is O=C(O)CCCNC(=O)/C(=C\c1ccc(F)cc1)NC(=O)c1ccco1. The predicted octanol–water partition coefficient (Wildman–Crippen LogP) is 2.17. The smallest absolute Gasteiger partial charge is 0.303 e. The molecule has 0 saturated carbocycles. The summed E-state index contributed by atoms with van der Waals surface area (Å²) in [5.41, 5.74) is 0.426. The van der Waals surface area contributed by atoms with E-state index in [-0.39, 0.29) is 30.8 Å². The molecule has 0 unspecified atom stereocenters. The molecule has 136 valence electrons. The van der Waals surface area contributed by atoms with E-state index in [2.05, 4.69) is 10.6 Å². The number of hydrogen-bond donors (Lipinski definition) is 3. The Morgan fingerprint density at radius 3 is 2.50 bits per heavy atom. The first kappa shape index (κ1) is 18.9. The number of carbonyl (C=O) groups is 3. The third-order valence-electron chi connectivity index (χ3n) is 3.27. The van der Waals surface area contributed by atoms with Crippen LogP contribution in [0.25, 0.3) is 6.08 Å². The fraction of sp³-hybridized carbons (Fsp3) is 0.167. The minimum Gasteiger partial charge on any atom is -0.481 e. The topological polar surface area (TPSA) is 109 Å². The molecule has 2 rings (SSSR count). The number of furan rings is 1. The van der Waals surface area contributed by atoms with Crippen LogP contribution in [0, 0.1) is 5.82 Å². The maximum atomic E-state index is 13.0. The summed E-state index contributed by atoms with van der Waals surface area (Å²) in [6.45, 7) is 0.127. The number of carboxylic acids is 1. The summed E-state index contributed by atoms with van der Waals surface area (Å²) in [6, 6.07) is 8.32. The van der Waals surface area contributed by atoms with E-state index in [4.69, 9.17) is 9.52 Å². The van der Waals surface area contributed by atoms with E-state index < -0.39 is 23.6 Å². The Morgan fingerprint density at radius 1 is 1.15 bits per heavy atom. The van der Waals surface area contributed by atoms with E-state index in [1.165, 1.54) is 48.7 Å². The van der Waals surface area contributed by atoms with Crippen molar-refractivity contribution in [3.8, 4) is 0 Å². The van der Waals surface area contributed by atoms with Gasteiger partial charge in [0.15, 0.2) is 5.76 Å². The van der Waals surface area contributed by atoms with Crippen molar-refractivity contribution in [3.05, 3.63) is 65.5 Å². The van der Waals surface area contributed by atoms with Crippen LogP contribution in [0.3, 0.4) is 0 Å². The lowest BCUT2D eigenvalue weighted by Gasteiger charge is -2.10. The van der Waals surface area contributed by atoms with Gasteiger partial charge in [-0.2, -0.15) is 0 Å². The van der Waals surface area contributed by atoms with Crippen molar-refractivity contribution >= 4 is 23.9 Å². The zero-order chi connectivity index (χ0) is 18.9. The maximum absolute atomic E-state index is 13.0. The van der Waals surface area contributed by atoms with Crippen LogP contribution in [0.4, 0.5) is 4.39 Å². The molecule has 0 aliphatic rings. The molecular weight excluding hydrogens is 343 g/mol. The number of aliphatic carboxylic acids is 1. The number of carbonyl (C=O) groups excluding carboxylic acids is 2. The molecule has 0 radical (unpaired) electrons. The fourth-order valence-corrected chi connectivity index (χ4v) is 2.01. The Hall–Kier alpha value is -3.42. The van der Waals surface area contributed by atoms with Crippen LogP contribution in [0.15, 0.2) is 52.8 Å². The molecule has 0 aliphatic heterocycles. The lowest BCUT2D eigenvalue weighted by Crippen LogP contribution is -2.35. The van der Waals surface area contributed by atoms with Gasteiger partial charge >= 0.3 is 5.97 Å². The van der Waals surface area contributed by atoms with Gasteiger partial charge in [0, 0.05) is 13.0 Å². The maximum Gasteiger partial charge on any atom is 0.303 e. The zero-order valence-corrected chi connectivity index (χ0v) is 13.7. The third kappa shape index (κ3) is 5.90. The third-order valence-corrected chi connectivity index (χ3v) is 3.27. The van der Waals surface area contributed by atoms with Gasteiger partial charge in [-0.1, -0.05) is 12.1 Å². The first-order chi connectivity index (χ1) is 12.5. The van der Waals surface area contributed by atoms with Gasteiger partial charge in [-0.05, 0) is 42.3 Å². The first-order valence-electron chi connectivity index (χ1n) is 7.78. The summed E-state index contributed by atoms with van der Waals surface area (Å²) >= 11 is 0. The summed E-state index contributed by atoms with van der Waals surface area (Å²) in [4.78, 5) is 34.9. The van der Waals surface area contributed by atoms with Gasteiger partial charge in [0.05, 0.1) is 6.26 Å². The number of amides is 2. The molecular formula is C18H17FN2O5. The van der Waals surface area contributed by atoms with Crippen LogP contribution >= 0.6 is 0 Å². The summed E-state index contributed by atoms with van der Waals surface area (Å²) in [5.74, 6) is -2.59. The predicted molar refractivity (Wildman–Crippen MR) is 90.4 cm³/mol. The van der Waals surface area contributed by atoms with Crippen molar-refractivity contribution in [2.24, 2.45) is 0 Å². The molecule has 0 fully saturated rings. The van der Waals surface area contributed by atoms with Crippen LogP contribution in [0.2, 0.25) is 0 Å². The normalized spacial score (nSPS) is 11.0. The number of halogens is 1. The Morgan fingerprint density at radius 2 is 1.88 bits per heavy atom. The van der Waals surface area contributed by atoms with Crippen LogP contribution in [-0.4, -0.2) is 29.4 Å². The summed E-state index contributed by atoms with van der Waals surface area (Å²) in [6.07, 6.45) is 2.87. The monoisotopic (exact) mass is 360 g/mol. The minimum atomic E-state index is -0.965. The van der Waals surface area contributed by atoms with E-state index >= 15 is 0 Å². The fourth-order valence-electron chi connectivity index (χ4n) is 2.01. The Kier molecular flexibility index (Phi) is 6.67. The molecule has 1 aromatic carbocycles. The van der Waals surface area contributed by atoms with Crippen LogP contribution in [0.1, 0.15) is 29.0 Å². The minimum absolute atomic E-state index is 0.0219. The van der Waals surface area contributed by atoms with Crippen molar-refractivity contribution in [3.63, 3.8) is 0 Å². The molecule has 0 saturated heterocycles. The Labute approximate surface area is 148 Å². The number of rotatable bonds is 8. The summed E-state index contributed by atoms with van der Waals surface area (Å²) < 4.78 is 18.0. The zero-order valence-electron chi connectivity index (χ0n) is 13.7. The summed E-state index contributed by atoms with van der Waals surface area (Å²) in [7, 11) is 0. The molecule has 2 amide bonds. The lowest BCUT2D eigenvalue weighted by atomic mass is 10.1. The average Bonchev–Trinajstić information content (AvgIpc) is 3.14. The molecule has 2 aromatic rings. The number of benzene rings is 1. The van der Waals surface area contributed by atoms with E-state index in [9.17, 15) is 18.8 Å². The quantitative estimate of drug-likeness (QED) is 0.494. The molecule has 0 aliphatic carbocycles. The summed E-state index contributed by atoms with van der Waals surface area (Å²) in [5, 5.41) is 13.6. The number of carboxylic acid groups (broad SMARTS) is 1. The van der Waals surface area contributed by atoms with Gasteiger partial charge in [-0.3, -0.25) is 14.4 Å². The highest BCUT2D eigenvalue weighted by Gasteiger charge is 2.16. The molecule has 0 atom stereocenters. The highest BCUT2D eigenvalue weighted by molar-refractivity contribution is 6.04. The molecule has 8 heteroatoms. The highest BCUT2D eigenvalue weighted by atomic mass is 19.1. The van der Waals surface area contributed by atoms with Crippen LogP contribution in [0.5, 0.6) is 0 Å². The van der Waals surface area contributed by atoms with Gasteiger partial charge in [0.25, 0.3) is 11.8 Å². The van der Waals surface area contributed by atoms with Crippen molar-refractivity contribution in [1.29, 1.82) is 0 Å². The molecule has 0 spiro atoms. The molecule has 7 nitrogen and oxygen atoms in total.